The van der Waals surface area contributed by atoms with Gasteiger partial charge in [-0.25, -0.2) is 0 Å². The average molecular weight is 915 g/mol. The molecule has 6 aromatic carbocycles. The highest BCUT2D eigenvalue weighted by atomic mass is 31.2. The molecule has 0 N–H and O–H groups in total. The third-order valence-corrected chi connectivity index (χ3v) is 12.8. The number of rotatable bonds is 14. The van der Waals surface area contributed by atoms with Crippen molar-refractivity contribution < 1.29 is 31.9 Å². The highest BCUT2D eigenvalue weighted by Crippen LogP contribution is 2.56. The van der Waals surface area contributed by atoms with Crippen LogP contribution in [0, 0.1) is 27.7 Å². The van der Waals surface area contributed by atoms with Crippen LogP contribution in [-0.4, -0.2) is 5.60 Å². The molecule has 0 saturated carbocycles. The normalized spacial score (nSPS) is 12.3. The Bertz CT molecular complexity index is 2500. The van der Waals surface area contributed by atoms with E-state index in [1.165, 1.54) is 0 Å². The fourth-order valence-electron chi connectivity index (χ4n) is 7.01. The fraction of sp³-hybridized carbons (Fsp3) is 0.357. The van der Waals surface area contributed by atoms with Gasteiger partial charge in [-0.1, -0.05) is 141 Å². The van der Waals surface area contributed by atoms with Gasteiger partial charge < -0.3 is 31.9 Å². The Kier molecular flexibility index (Phi) is 14.9. The summed E-state index contributed by atoms with van der Waals surface area (Å²) in [6.07, 6.45) is 0. The van der Waals surface area contributed by atoms with Gasteiger partial charge in [0.25, 0.3) is 0 Å². The Morgan fingerprint density at radius 3 is 0.985 bits per heavy atom. The van der Waals surface area contributed by atoms with Gasteiger partial charge in [0, 0.05) is 22.3 Å². The molecular weight excluding hydrogens is 847 g/mol. The van der Waals surface area contributed by atoms with Crippen molar-refractivity contribution in [3.63, 3.8) is 0 Å². The summed E-state index contributed by atoms with van der Waals surface area (Å²) in [5, 5.41) is 0. The van der Waals surface area contributed by atoms with Crippen LogP contribution in [0.4, 0.5) is 0 Å². The van der Waals surface area contributed by atoms with Crippen molar-refractivity contribution in [3.05, 3.63) is 160 Å². The molecule has 0 saturated heterocycles. The second-order valence-electron chi connectivity index (χ2n) is 20.8. The molecule has 0 fully saturated rings. The first-order valence-corrected chi connectivity index (χ1v) is 24.5. The zero-order valence-corrected chi connectivity index (χ0v) is 43.1. The van der Waals surface area contributed by atoms with Gasteiger partial charge in [0.15, 0.2) is 0 Å². The van der Waals surface area contributed by atoms with Gasteiger partial charge in [-0.05, 0) is 135 Å². The van der Waals surface area contributed by atoms with Gasteiger partial charge in [0.1, 0.15) is 45.8 Å². The molecule has 6 rings (SSSR count). The molecule has 0 spiro atoms. The average Bonchev–Trinajstić information content (AvgIpc) is 3.20. The van der Waals surface area contributed by atoms with E-state index in [9.17, 15) is 0 Å². The summed E-state index contributed by atoms with van der Waals surface area (Å²) in [4.78, 5) is 0. The van der Waals surface area contributed by atoms with E-state index in [0.717, 1.165) is 50.1 Å². The summed E-state index contributed by atoms with van der Waals surface area (Å²) < 4.78 is 48.7. The predicted octanol–water partition coefficient (Wildman–Crippen LogP) is 17.2. The molecule has 6 aromatic rings. The summed E-state index contributed by atoms with van der Waals surface area (Å²) in [6.45, 7) is 34.1. The summed E-state index contributed by atoms with van der Waals surface area (Å²) in [6, 6.07) is 40.3. The molecule has 9 heteroatoms. The highest BCUT2D eigenvalue weighted by Gasteiger charge is 2.36. The van der Waals surface area contributed by atoms with Crippen LogP contribution in [0.25, 0.3) is 11.1 Å². The zero-order chi connectivity index (χ0) is 47.5. The molecule has 0 aliphatic rings. The van der Waals surface area contributed by atoms with Gasteiger partial charge in [-0.2, -0.15) is 0 Å². The van der Waals surface area contributed by atoms with Gasteiger partial charge >= 0.3 is 17.2 Å². The Morgan fingerprint density at radius 2 is 0.677 bits per heavy atom. The second kappa shape index (κ2) is 19.7. The summed E-state index contributed by atoms with van der Waals surface area (Å²) >= 11 is 0. The molecule has 0 radical (unpaired) electrons. The summed E-state index contributed by atoms with van der Waals surface area (Å²) in [5.41, 5.74) is 6.77. The standard InChI is InChI=1S/C56H68O7P2/c1-37-25-17-21-29-47(37)58-64(59-48-30-22-18-26-38(48)2)62-51-43(33-41(53(5,6)7)34-45(51)54(8,9)10)44-35-42(57-56(14,15)16)36-46(55(11,12)13)52(44)63-65(60-49-31-23-19-27-39(49)3)61-50-32-24-20-28-40(50)4/h17-36H,1-16H3. The number of benzene rings is 6. The van der Waals surface area contributed by atoms with Crippen molar-refractivity contribution in [3.8, 4) is 51.4 Å². The molecule has 0 amide bonds. The van der Waals surface area contributed by atoms with Crippen LogP contribution in [0.3, 0.4) is 0 Å². The quantitative estimate of drug-likeness (QED) is 0.101. The number of para-hydroxylation sites is 4. The van der Waals surface area contributed by atoms with E-state index >= 15 is 0 Å². The Morgan fingerprint density at radius 1 is 0.354 bits per heavy atom. The fourth-order valence-corrected chi connectivity index (χ4v) is 9.38. The van der Waals surface area contributed by atoms with E-state index in [2.05, 4.69) is 107 Å². The molecule has 0 heterocycles. The number of hydrogen-bond donors (Lipinski definition) is 0. The number of ether oxygens (including phenoxy) is 1. The van der Waals surface area contributed by atoms with Gasteiger partial charge in [-0.3, -0.25) is 0 Å². The molecular formula is C56H68O7P2. The van der Waals surface area contributed by atoms with Crippen LogP contribution in [0.1, 0.15) is 122 Å². The van der Waals surface area contributed by atoms with Crippen molar-refractivity contribution in [1.82, 2.24) is 0 Å². The first kappa shape index (κ1) is 49.2. The summed E-state index contributed by atoms with van der Waals surface area (Å²) in [5.74, 6) is 4.56. The SMILES string of the molecule is Cc1ccccc1OP(Oc1ccccc1C)Oc1c(-c2cc(C(C)(C)C)cc(C(C)(C)C)c2OP(Oc2ccccc2C)Oc2ccccc2C)cc(OC(C)(C)C)cc1C(C)(C)C. The zero-order valence-electron chi connectivity index (χ0n) is 41.3. The van der Waals surface area contributed by atoms with Crippen molar-refractivity contribution >= 4 is 17.2 Å². The maximum atomic E-state index is 7.36. The molecule has 0 atom stereocenters. The molecule has 344 valence electrons. The van der Waals surface area contributed by atoms with Gasteiger partial charge in [-0.15, -0.1) is 0 Å². The first-order chi connectivity index (χ1) is 30.4. The largest absolute Gasteiger partial charge is 0.530 e. The molecule has 0 bridgehead atoms. The Labute approximate surface area is 391 Å². The third kappa shape index (κ3) is 12.8. The van der Waals surface area contributed by atoms with E-state index in [1.807, 2.05) is 125 Å². The maximum Gasteiger partial charge on any atom is 0.530 e. The minimum atomic E-state index is -2.12. The van der Waals surface area contributed by atoms with E-state index in [4.69, 9.17) is 31.9 Å². The molecule has 65 heavy (non-hydrogen) atoms. The van der Waals surface area contributed by atoms with E-state index < -0.39 is 33.6 Å². The molecule has 0 unspecified atom stereocenters. The summed E-state index contributed by atoms with van der Waals surface area (Å²) in [7, 11) is -4.22. The molecule has 0 aromatic heterocycles. The van der Waals surface area contributed by atoms with Crippen molar-refractivity contribution in [1.29, 1.82) is 0 Å². The minimum absolute atomic E-state index is 0.255. The van der Waals surface area contributed by atoms with E-state index in [-0.39, 0.29) is 5.41 Å². The van der Waals surface area contributed by atoms with Crippen LogP contribution in [0.15, 0.2) is 121 Å². The van der Waals surface area contributed by atoms with Crippen molar-refractivity contribution in [2.75, 3.05) is 0 Å². The van der Waals surface area contributed by atoms with Crippen molar-refractivity contribution in [2.24, 2.45) is 0 Å². The van der Waals surface area contributed by atoms with E-state index in [1.54, 1.807) is 0 Å². The third-order valence-electron chi connectivity index (χ3n) is 10.7. The van der Waals surface area contributed by atoms with E-state index in [0.29, 0.717) is 40.2 Å². The van der Waals surface area contributed by atoms with Crippen LogP contribution in [-0.2, 0) is 16.2 Å². The van der Waals surface area contributed by atoms with Crippen LogP contribution < -0.4 is 31.9 Å². The smallest absolute Gasteiger partial charge is 0.488 e. The Hall–Kier alpha value is -5.22. The topological polar surface area (TPSA) is 64.6 Å². The first-order valence-electron chi connectivity index (χ1n) is 22.3. The highest BCUT2D eigenvalue weighted by molar-refractivity contribution is 7.43. The number of hydrogen-bond acceptors (Lipinski definition) is 7. The van der Waals surface area contributed by atoms with Crippen LogP contribution >= 0.6 is 17.2 Å². The Balaban J connectivity index is 1.69. The van der Waals surface area contributed by atoms with Gasteiger partial charge in [0.2, 0.25) is 0 Å². The van der Waals surface area contributed by atoms with Crippen LogP contribution in [0.5, 0.6) is 40.2 Å². The monoisotopic (exact) mass is 914 g/mol. The minimum Gasteiger partial charge on any atom is -0.488 e. The lowest BCUT2D eigenvalue weighted by Crippen LogP contribution is -2.24. The second-order valence-corrected chi connectivity index (χ2v) is 22.8. The lowest BCUT2D eigenvalue weighted by molar-refractivity contribution is 0.130. The van der Waals surface area contributed by atoms with Crippen molar-refractivity contribution in [2.45, 2.75) is 133 Å². The van der Waals surface area contributed by atoms with Crippen LogP contribution in [0.2, 0.25) is 0 Å². The lowest BCUT2D eigenvalue weighted by Gasteiger charge is -2.33. The number of aryl methyl sites for hydroxylation is 4. The lowest BCUT2D eigenvalue weighted by atomic mass is 9.77. The molecule has 0 aliphatic heterocycles. The maximum absolute atomic E-state index is 7.36. The molecule has 0 aliphatic carbocycles. The van der Waals surface area contributed by atoms with Gasteiger partial charge in [0.05, 0.1) is 0 Å². The predicted molar refractivity (Wildman–Crippen MR) is 271 cm³/mol. The molecule has 7 nitrogen and oxygen atoms in total.